The van der Waals surface area contributed by atoms with Gasteiger partial charge in [-0.25, -0.2) is 4.98 Å². The monoisotopic (exact) mass is 228 g/mol. The molecule has 84 valence electrons. The smallest absolute Gasteiger partial charge is 0.320 e. The summed E-state index contributed by atoms with van der Waals surface area (Å²) in [7, 11) is 0. The summed E-state index contributed by atoms with van der Waals surface area (Å²) >= 11 is 1.57. The van der Waals surface area contributed by atoms with Crippen molar-refractivity contribution in [2.24, 2.45) is 5.73 Å². The highest BCUT2D eigenvalue weighted by Gasteiger charge is 2.12. The molecule has 3 N–H and O–H groups in total. The van der Waals surface area contributed by atoms with E-state index in [1.54, 1.807) is 11.3 Å². The maximum atomic E-state index is 10.5. The van der Waals surface area contributed by atoms with Crippen LogP contribution >= 0.6 is 11.3 Å². The largest absolute Gasteiger partial charge is 0.480 e. The van der Waals surface area contributed by atoms with Crippen LogP contribution in [0, 0.1) is 0 Å². The van der Waals surface area contributed by atoms with Gasteiger partial charge in [0.25, 0.3) is 0 Å². The Morgan fingerprint density at radius 1 is 1.67 bits per heavy atom. The first-order valence-electron chi connectivity index (χ1n) is 4.93. The normalized spacial score (nSPS) is 13.1. The molecule has 1 rings (SSSR count). The molecule has 1 aromatic rings. The second kappa shape index (κ2) is 5.23. The quantitative estimate of drug-likeness (QED) is 0.802. The van der Waals surface area contributed by atoms with Crippen LogP contribution < -0.4 is 5.73 Å². The highest BCUT2D eigenvalue weighted by molar-refractivity contribution is 7.09. The van der Waals surface area contributed by atoms with E-state index in [4.69, 9.17) is 10.8 Å². The Kier molecular flexibility index (Phi) is 4.23. The second-order valence-corrected chi connectivity index (χ2v) is 4.75. The Morgan fingerprint density at radius 3 is 2.80 bits per heavy atom. The first kappa shape index (κ1) is 12.1. The zero-order valence-electron chi connectivity index (χ0n) is 8.93. The number of carboxylic acid groups (broad SMARTS) is 1. The Bertz CT molecular complexity index is 336. The molecule has 1 atom stereocenters. The molecular formula is C10H16N2O2S. The molecule has 0 saturated carbocycles. The number of carbonyl (C=O) groups is 1. The third-order valence-electron chi connectivity index (χ3n) is 2.15. The summed E-state index contributed by atoms with van der Waals surface area (Å²) < 4.78 is 0. The lowest BCUT2D eigenvalue weighted by molar-refractivity contribution is -0.138. The summed E-state index contributed by atoms with van der Waals surface area (Å²) in [6.45, 7) is 4.17. The molecule has 0 aliphatic heterocycles. The van der Waals surface area contributed by atoms with Crippen molar-refractivity contribution in [3.8, 4) is 0 Å². The van der Waals surface area contributed by atoms with E-state index in [-0.39, 0.29) is 0 Å². The number of hydrogen-bond donors (Lipinski definition) is 2. The first-order chi connectivity index (χ1) is 7.00. The summed E-state index contributed by atoms with van der Waals surface area (Å²) in [6, 6.07) is -0.781. The SMILES string of the molecule is CC(C)c1csc(CCC(N)C(=O)O)n1. The molecule has 1 unspecified atom stereocenters. The topological polar surface area (TPSA) is 76.2 Å². The van der Waals surface area contributed by atoms with Gasteiger partial charge in [-0.3, -0.25) is 4.79 Å². The summed E-state index contributed by atoms with van der Waals surface area (Å²) in [5.74, 6) is -0.529. The van der Waals surface area contributed by atoms with Crippen LogP contribution in [0.4, 0.5) is 0 Å². The highest BCUT2D eigenvalue weighted by Crippen LogP contribution is 2.18. The van der Waals surface area contributed by atoms with E-state index in [0.717, 1.165) is 10.7 Å². The Labute approximate surface area is 93.1 Å². The van der Waals surface area contributed by atoms with Gasteiger partial charge in [0.15, 0.2) is 0 Å². The highest BCUT2D eigenvalue weighted by atomic mass is 32.1. The molecule has 0 bridgehead atoms. The summed E-state index contributed by atoms with van der Waals surface area (Å²) in [4.78, 5) is 14.9. The van der Waals surface area contributed by atoms with E-state index in [1.165, 1.54) is 0 Å². The third kappa shape index (κ3) is 3.60. The molecule has 0 radical (unpaired) electrons. The van der Waals surface area contributed by atoms with Crippen molar-refractivity contribution in [3.63, 3.8) is 0 Å². The maximum Gasteiger partial charge on any atom is 0.320 e. The summed E-state index contributed by atoms with van der Waals surface area (Å²) in [6.07, 6.45) is 1.09. The van der Waals surface area contributed by atoms with Crippen molar-refractivity contribution in [3.05, 3.63) is 16.1 Å². The van der Waals surface area contributed by atoms with Crippen molar-refractivity contribution < 1.29 is 9.90 Å². The Morgan fingerprint density at radius 2 is 2.33 bits per heavy atom. The van der Waals surface area contributed by atoms with Crippen LogP contribution in [0.3, 0.4) is 0 Å². The fourth-order valence-corrected chi connectivity index (χ4v) is 2.08. The van der Waals surface area contributed by atoms with E-state index in [2.05, 4.69) is 18.8 Å². The predicted molar refractivity (Wildman–Crippen MR) is 60.1 cm³/mol. The number of nitrogens with two attached hydrogens (primary N) is 1. The standard InChI is InChI=1S/C10H16N2O2S/c1-6(2)8-5-15-9(12-8)4-3-7(11)10(13)14/h5-7H,3-4,11H2,1-2H3,(H,13,14). The molecule has 0 aliphatic rings. The van der Waals surface area contributed by atoms with Crippen molar-refractivity contribution in [2.75, 3.05) is 0 Å². The number of hydrogen-bond acceptors (Lipinski definition) is 4. The number of rotatable bonds is 5. The van der Waals surface area contributed by atoms with Crippen molar-refractivity contribution >= 4 is 17.3 Å². The fraction of sp³-hybridized carbons (Fsp3) is 0.600. The Hall–Kier alpha value is -0.940. The van der Waals surface area contributed by atoms with E-state index >= 15 is 0 Å². The predicted octanol–water partition coefficient (Wildman–Crippen LogP) is 1.61. The molecule has 0 fully saturated rings. The van der Waals surface area contributed by atoms with Crippen LogP contribution in [0.5, 0.6) is 0 Å². The molecule has 15 heavy (non-hydrogen) atoms. The van der Waals surface area contributed by atoms with Crippen LogP contribution in [0.15, 0.2) is 5.38 Å². The number of aromatic nitrogens is 1. The van der Waals surface area contributed by atoms with E-state index in [9.17, 15) is 4.79 Å². The third-order valence-corrected chi connectivity index (χ3v) is 3.07. The van der Waals surface area contributed by atoms with Gasteiger partial charge in [0.2, 0.25) is 0 Å². The lowest BCUT2D eigenvalue weighted by Gasteiger charge is -2.03. The molecule has 0 amide bonds. The molecule has 0 aliphatic carbocycles. The first-order valence-corrected chi connectivity index (χ1v) is 5.81. The van der Waals surface area contributed by atoms with Crippen molar-refractivity contribution in [1.29, 1.82) is 0 Å². The molecular weight excluding hydrogens is 212 g/mol. The van der Waals surface area contributed by atoms with Crippen molar-refractivity contribution in [2.45, 2.75) is 38.6 Å². The van der Waals surface area contributed by atoms with Gasteiger partial charge in [-0.2, -0.15) is 0 Å². The molecule has 1 heterocycles. The minimum absolute atomic E-state index is 0.420. The van der Waals surface area contributed by atoms with Gasteiger partial charge in [0.1, 0.15) is 6.04 Å². The van der Waals surface area contributed by atoms with Crippen LogP contribution in [0.2, 0.25) is 0 Å². The van der Waals surface area contributed by atoms with E-state index in [0.29, 0.717) is 18.8 Å². The summed E-state index contributed by atoms with van der Waals surface area (Å²) in [5.41, 5.74) is 6.48. The zero-order valence-corrected chi connectivity index (χ0v) is 9.75. The van der Waals surface area contributed by atoms with Crippen LogP contribution in [0.1, 0.15) is 36.9 Å². The lowest BCUT2D eigenvalue weighted by atomic mass is 10.1. The second-order valence-electron chi connectivity index (χ2n) is 3.80. The average molecular weight is 228 g/mol. The molecule has 1 aromatic heterocycles. The number of aliphatic carboxylic acids is 1. The number of nitrogens with zero attached hydrogens (tertiary/aromatic N) is 1. The van der Waals surface area contributed by atoms with Crippen LogP contribution in [-0.2, 0) is 11.2 Å². The molecule has 0 spiro atoms. The number of thiazole rings is 1. The maximum absolute atomic E-state index is 10.5. The van der Waals surface area contributed by atoms with Gasteiger partial charge in [0, 0.05) is 11.8 Å². The lowest BCUT2D eigenvalue weighted by Crippen LogP contribution is -2.30. The number of aryl methyl sites for hydroxylation is 1. The zero-order chi connectivity index (χ0) is 11.4. The summed E-state index contributed by atoms with van der Waals surface area (Å²) in [5, 5.41) is 11.6. The van der Waals surface area contributed by atoms with Crippen molar-refractivity contribution in [1.82, 2.24) is 4.98 Å². The minimum atomic E-state index is -0.948. The fourth-order valence-electron chi connectivity index (χ4n) is 1.11. The van der Waals surface area contributed by atoms with Gasteiger partial charge in [-0.15, -0.1) is 11.3 Å². The average Bonchev–Trinajstić information content (AvgIpc) is 2.62. The molecule has 0 saturated heterocycles. The molecule has 4 nitrogen and oxygen atoms in total. The molecule has 0 aromatic carbocycles. The van der Waals surface area contributed by atoms with Gasteiger partial charge in [-0.1, -0.05) is 13.8 Å². The van der Waals surface area contributed by atoms with Crippen LogP contribution in [0.25, 0.3) is 0 Å². The van der Waals surface area contributed by atoms with Gasteiger partial charge < -0.3 is 10.8 Å². The Balaban J connectivity index is 2.47. The van der Waals surface area contributed by atoms with E-state index in [1.807, 2.05) is 5.38 Å². The number of carboxylic acids is 1. The van der Waals surface area contributed by atoms with Gasteiger partial charge >= 0.3 is 5.97 Å². The van der Waals surface area contributed by atoms with E-state index < -0.39 is 12.0 Å². The van der Waals surface area contributed by atoms with Gasteiger partial charge in [-0.05, 0) is 12.3 Å². The molecule has 5 heteroatoms. The van der Waals surface area contributed by atoms with Crippen LogP contribution in [-0.4, -0.2) is 22.1 Å². The van der Waals surface area contributed by atoms with Gasteiger partial charge in [0.05, 0.1) is 10.7 Å². The minimum Gasteiger partial charge on any atom is -0.480 e.